The van der Waals surface area contributed by atoms with Crippen LogP contribution in [0.15, 0.2) is 70.1 Å². The van der Waals surface area contributed by atoms with Crippen LogP contribution in [0, 0.1) is 5.92 Å². The molecule has 1 aromatic heterocycles. The van der Waals surface area contributed by atoms with Crippen LogP contribution in [0.4, 0.5) is 5.69 Å². The molecule has 0 N–H and O–H groups in total. The predicted molar refractivity (Wildman–Crippen MR) is 121 cm³/mol. The van der Waals surface area contributed by atoms with Gasteiger partial charge in [0.2, 0.25) is 5.52 Å². The summed E-state index contributed by atoms with van der Waals surface area (Å²) in [6, 6.07) is 16.4. The van der Waals surface area contributed by atoms with Crippen molar-refractivity contribution in [3.05, 3.63) is 70.2 Å². The van der Waals surface area contributed by atoms with Crippen molar-refractivity contribution in [3.8, 4) is 0 Å². The monoisotopic (exact) mass is 434 g/mol. The summed E-state index contributed by atoms with van der Waals surface area (Å²) in [7, 11) is 0. The number of anilines is 1. The second-order valence-electron chi connectivity index (χ2n) is 7.38. The molecule has 1 aliphatic heterocycles. The van der Waals surface area contributed by atoms with Crippen LogP contribution in [-0.4, -0.2) is 18.4 Å². The summed E-state index contributed by atoms with van der Waals surface area (Å²) in [6.07, 6.45) is 2.69. The molecule has 2 atom stereocenters. The summed E-state index contributed by atoms with van der Waals surface area (Å²) in [5.41, 5.74) is 2.69. The van der Waals surface area contributed by atoms with Gasteiger partial charge >= 0.3 is 0 Å². The lowest BCUT2D eigenvalue weighted by Crippen LogP contribution is -2.52. The Kier molecular flexibility index (Phi) is 5.01. The lowest BCUT2D eigenvalue weighted by molar-refractivity contribution is -0.665. The third kappa shape index (κ3) is 3.02. The molecule has 2 unspecified atom stereocenters. The number of fused-ring (bicyclic) bond motifs is 2. The van der Waals surface area contributed by atoms with E-state index in [0.717, 1.165) is 39.0 Å². The van der Waals surface area contributed by atoms with Crippen LogP contribution in [0.5, 0.6) is 0 Å². The highest BCUT2D eigenvalue weighted by atomic mass is 32.2. The SMILES string of the molecule is CCN1C(=CC2C(=O)C(=Cc3sc4ccccc4[n+]3CC)C2[O-])Sc2ccccc21. The first-order valence-corrected chi connectivity index (χ1v) is 11.8. The van der Waals surface area contributed by atoms with Crippen LogP contribution >= 0.6 is 23.1 Å². The lowest BCUT2D eigenvalue weighted by atomic mass is 9.75. The van der Waals surface area contributed by atoms with E-state index in [-0.39, 0.29) is 5.78 Å². The minimum absolute atomic E-state index is 0.0461. The average molecular weight is 435 g/mol. The molecule has 0 bridgehead atoms. The van der Waals surface area contributed by atoms with Crippen molar-refractivity contribution in [3.63, 3.8) is 0 Å². The van der Waals surface area contributed by atoms with Gasteiger partial charge in [-0.1, -0.05) is 53.5 Å². The molecule has 30 heavy (non-hydrogen) atoms. The van der Waals surface area contributed by atoms with E-state index in [4.69, 9.17) is 0 Å². The Labute approximate surface area is 184 Å². The number of hydrogen-bond donors (Lipinski definition) is 0. The molecule has 4 nitrogen and oxygen atoms in total. The maximum Gasteiger partial charge on any atom is 0.263 e. The Hall–Kier alpha value is -2.41. The normalized spacial score (nSPS) is 23.4. The van der Waals surface area contributed by atoms with Crippen molar-refractivity contribution < 1.29 is 14.5 Å². The molecule has 0 radical (unpaired) electrons. The number of hydrogen-bond acceptors (Lipinski definition) is 5. The first kappa shape index (κ1) is 19.5. The Balaban J connectivity index is 1.44. The van der Waals surface area contributed by atoms with Crippen molar-refractivity contribution in [2.45, 2.75) is 31.4 Å². The zero-order valence-corrected chi connectivity index (χ0v) is 18.5. The predicted octanol–water partition coefficient (Wildman–Crippen LogP) is 3.99. The average Bonchev–Trinajstić information content (AvgIpc) is 3.32. The molecule has 0 spiro atoms. The van der Waals surface area contributed by atoms with Crippen molar-refractivity contribution in [1.82, 2.24) is 0 Å². The van der Waals surface area contributed by atoms with E-state index in [0.29, 0.717) is 5.57 Å². The Bertz CT molecular complexity index is 1210. The molecular weight excluding hydrogens is 412 g/mol. The van der Waals surface area contributed by atoms with Gasteiger partial charge in [0.25, 0.3) is 5.01 Å². The van der Waals surface area contributed by atoms with Crippen LogP contribution in [-0.2, 0) is 11.3 Å². The van der Waals surface area contributed by atoms with Crippen molar-refractivity contribution >= 4 is 50.9 Å². The van der Waals surface area contributed by atoms with Gasteiger partial charge < -0.3 is 10.0 Å². The number of aromatic nitrogens is 1. The van der Waals surface area contributed by atoms with Crippen LogP contribution in [0.3, 0.4) is 0 Å². The third-order valence-electron chi connectivity index (χ3n) is 5.73. The van der Waals surface area contributed by atoms with Crippen LogP contribution in [0.25, 0.3) is 16.3 Å². The van der Waals surface area contributed by atoms with Crippen molar-refractivity contribution in [1.29, 1.82) is 0 Å². The number of rotatable bonds is 4. The highest BCUT2D eigenvalue weighted by Crippen LogP contribution is 2.47. The molecule has 1 aliphatic carbocycles. The molecule has 152 valence electrons. The molecule has 6 heteroatoms. The van der Waals surface area contributed by atoms with Gasteiger partial charge in [0.15, 0.2) is 5.78 Å². The molecule has 2 aromatic carbocycles. The van der Waals surface area contributed by atoms with Crippen LogP contribution in [0.2, 0.25) is 0 Å². The van der Waals surface area contributed by atoms with E-state index < -0.39 is 12.0 Å². The summed E-state index contributed by atoms with van der Waals surface area (Å²) in [5.74, 6) is -0.637. The summed E-state index contributed by atoms with van der Waals surface area (Å²) in [4.78, 5) is 16.3. The first-order chi connectivity index (χ1) is 14.6. The van der Waals surface area contributed by atoms with Crippen molar-refractivity contribution in [2.24, 2.45) is 5.92 Å². The lowest BCUT2D eigenvalue weighted by Gasteiger charge is -2.41. The van der Waals surface area contributed by atoms with Crippen LogP contribution in [0.1, 0.15) is 18.9 Å². The largest absolute Gasteiger partial charge is 0.848 e. The quantitative estimate of drug-likeness (QED) is 0.460. The van der Waals surface area contributed by atoms with Gasteiger partial charge in [0.1, 0.15) is 11.2 Å². The number of nitrogens with zero attached hydrogens (tertiary/aromatic N) is 2. The standard InChI is InChI=1S/C24H22N2O2S2/c1-3-25-17-9-5-7-11-19(17)29-21(25)13-15-23(27)16(24(15)28)14-22-26(4-2)18-10-6-8-12-20(18)30-22/h5-15,23H,3-4H2,1-2H3. The fourth-order valence-electron chi connectivity index (χ4n) is 4.16. The number of ketones is 1. The molecular formula is C24H22N2O2S2. The smallest absolute Gasteiger partial charge is 0.263 e. The van der Waals surface area contributed by atoms with Gasteiger partial charge in [-0.25, -0.2) is 0 Å². The number of carbonyl (C=O) groups is 1. The van der Waals surface area contributed by atoms with Gasteiger partial charge in [-0.05, 0) is 43.7 Å². The summed E-state index contributed by atoms with van der Waals surface area (Å²) in [5, 5.41) is 14.9. The fraction of sp³-hybridized carbons (Fsp3) is 0.250. The molecule has 2 aliphatic rings. The number of carbonyl (C=O) groups excluding carboxylic acids is 1. The number of benzene rings is 2. The molecule has 1 saturated carbocycles. The van der Waals surface area contributed by atoms with Gasteiger partial charge in [-0.2, -0.15) is 4.57 Å². The summed E-state index contributed by atoms with van der Waals surface area (Å²) in [6.45, 7) is 5.78. The minimum atomic E-state index is -1.01. The van der Waals surface area contributed by atoms with Gasteiger partial charge in [0, 0.05) is 29.5 Å². The molecule has 1 fully saturated rings. The fourth-order valence-corrected chi connectivity index (χ4v) is 6.55. The molecule has 0 saturated heterocycles. The van der Waals surface area contributed by atoms with Crippen molar-refractivity contribution in [2.75, 3.05) is 11.4 Å². The summed E-state index contributed by atoms with van der Waals surface area (Å²) < 4.78 is 3.33. The third-order valence-corrected chi connectivity index (χ3v) is 7.97. The number of thiazole rings is 1. The maximum atomic E-state index is 13.0. The van der Waals surface area contributed by atoms with E-state index in [2.05, 4.69) is 47.6 Å². The topological polar surface area (TPSA) is 47.2 Å². The molecule has 5 rings (SSSR count). The highest BCUT2D eigenvalue weighted by molar-refractivity contribution is 8.03. The van der Waals surface area contributed by atoms with Gasteiger partial charge in [-0.3, -0.25) is 4.79 Å². The van der Waals surface area contributed by atoms with E-state index in [9.17, 15) is 9.90 Å². The minimum Gasteiger partial charge on any atom is -0.848 e. The zero-order valence-electron chi connectivity index (χ0n) is 16.9. The second kappa shape index (κ2) is 7.69. The second-order valence-corrected chi connectivity index (χ2v) is 9.51. The number of thioether (sulfide) groups is 1. The van der Waals surface area contributed by atoms with Gasteiger partial charge in [-0.15, -0.1) is 0 Å². The van der Waals surface area contributed by atoms with Crippen LogP contribution < -0.4 is 14.6 Å². The first-order valence-electron chi connectivity index (χ1n) is 10.2. The zero-order chi connectivity index (χ0) is 20.8. The number of Topliss-reactive ketones (excluding diaryl/α,β-unsaturated/α-hetero) is 1. The molecule has 3 aromatic rings. The van der Waals surface area contributed by atoms with Gasteiger partial charge in [0.05, 0.1) is 10.7 Å². The number of aryl methyl sites for hydroxylation is 1. The Morgan fingerprint density at radius 2 is 1.90 bits per heavy atom. The molecule has 0 amide bonds. The van der Waals surface area contributed by atoms with E-state index in [1.807, 2.05) is 36.4 Å². The molecule has 2 heterocycles. The summed E-state index contributed by atoms with van der Waals surface area (Å²) >= 11 is 3.27. The van der Waals surface area contributed by atoms with E-state index in [1.165, 1.54) is 4.90 Å². The highest BCUT2D eigenvalue weighted by Gasteiger charge is 2.38. The Morgan fingerprint density at radius 3 is 2.67 bits per heavy atom. The van der Waals surface area contributed by atoms with E-state index in [1.54, 1.807) is 23.1 Å². The number of para-hydroxylation sites is 2. The van der Waals surface area contributed by atoms with E-state index >= 15 is 0 Å². The maximum absolute atomic E-state index is 13.0. The Morgan fingerprint density at radius 1 is 1.13 bits per heavy atom.